The van der Waals surface area contributed by atoms with Gasteiger partial charge in [0.05, 0.1) is 5.69 Å². The second-order valence-electron chi connectivity index (χ2n) is 7.73. The number of hydrogen-bond acceptors (Lipinski definition) is 3. The number of allylic oxidation sites excluding steroid dienone is 1. The van der Waals surface area contributed by atoms with E-state index in [2.05, 4.69) is 20.9 Å². The normalized spacial score (nSPS) is 19.9. The van der Waals surface area contributed by atoms with Crippen LogP contribution < -0.4 is 0 Å². The standard InChI is InChI=1S/C22H33N3O/c26-22(13-6-2-5-11-21-12-7-8-14-23-21)25-17-15-24(16-18-25)19-20-9-3-1-4-10-20/h5,7-8,11-12,14,20H,1-4,6,9-10,13,15-19H2/b11-5-. The van der Waals surface area contributed by atoms with Gasteiger partial charge in [-0.05, 0) is 49.8 Å². The number of aromatic nitrogens is 1. The van der Waals surface area contributed by atoms with Crippen LogP contribution >= 0.6 is 0 Å². The molecule has 1 aliphatic carbocycles. The summed E-state index contributed by atoms with van der Waals surface area (Å²) in [5, 5.41) is 0. The molecule has 3 rings (SSSR count). The first-order valence-electron chi connectivity index (χ1n) is 10.4. The molecule has 1 aromatic heterocycles. The van der Waals surface area contributed by atoms with Gasteiger partial charge in [0.25, 0.3) is 0 Å². The molecule has 1 saturated heterocycles. The number of hydrogen-bond donors (Lipinski definition) is 0. The van der Waals surface area contributed by atoms with Gasteiger partial charge in [-0.3, -0.25) is 14.7 Å². The summed E-state index contributed by atoms with van der Waals surface area (Å²) in [6, 6.07) is 5.91. The number of unbranched alkanes of at least 4 members (excludes halogenated alkanes) is 1. The number of carbonyl (C=O) groups is 1. The van der Waals surface area contributed by atoms with Crippen molar-refractivity contribution in [3.05, 3.63) is 36.2 Å². The molecule has 1 aromatic rings. The Balaban J connectivity index is 1.29. The Hall–Kier alpha value is -1.68. The van der Waals surface area contributed by atoms with Crippen molar-refractivity contribution in [2.45, 2.75) is 51.4 Å². The Morgan fingerprint density at radius 2 is 1.92 bits per heavy atom. The molecule has 26 heavy (non-hydrogen) atoms. The van der Waals surface area contributed by atoms with Crippen molar-refractivity contribution in [3.8, 4) is 0 Å². The van der Waals surface area contributed by atoms with Crippen LogP contribution in [-0.2, 0) is 4.79 Å². The summed E-state index contributed by atoms with van der Waals surface area (Å²) in [4.78, 5) is 21.3. The van der Waals surface area contributed by atoms with E-state index in [0.717, 1.165) is 50.6 Å². The van der Waals surface area contributed by atoms with Crippen molar-refractivity contribution >= 4 is 12.0 Å². The second-order valence-corrected chi connectivity index (χ2v) is 7.73. The lowest BCUT2D eigenvalue weighted by Gasteiger charge is -2.37. The summed E-state index contributed by atoms with van der Waals surface area (Å²) in [6.07, 6.45) is 15.6. The molecule has 2 aliphatic rings. The van der Waals surface area contributed by atoms with Gasteiger partial charge in [0, 0.05) is 45.3 Å². The second kappa shape index (κ2) is 10.5. The fourth-order valence-electron chi connectivity index (χ4n) is 4.12. The minimum absolute atomic E-state index is 0.327. The van der Waals surface area contributed by atoms with Crippen LogP contribution in [0.1, 0.15) is 57.1 Å². The molecule has 0 aromatic carbocycles. The Morgan fingerprint density at radius 3 is 2.65 bits per heavy atom. The molecular formula is C22H33N3O. The third-order valence-electron chi connectivity index (χ3n) is 5.70. The quantitative estimate of drug-likeness (QED) is 0.694. The van der Waals surface area contributed by atoms with Crippen molar-refractivity contribution in [3.63, 3.8) is 0 Å². The van der Waals surface area contributed by atoms with Gasteiger partial charge in [0.2, 0.25) is 5.91 Å². The van der Waals surface area contributed by atoms with Crippen LogP contribution in [0.5, 0.6) is 0 Å². The van der Waals surface area contributed by atoms with Gasteiger partial charge >= 0.3 is 0 Å². The largest absolute Gasteiger partial charge is 0.340 e. The molecular weight excluding hydrogens is 322 g/mol. The minimum Gasteiger partial charge on any atom is -0.340 e. The van der Waals surface area contributed by atoms with E-state index in [-0.39, 0.29) is 0 Å². The van der Waals surface area contributed by atoms with E-state index in [0.29, 0.717) is 12.3 Å². The average Bonchev–Trinajstić information content (AvgIpc) is 2.70. The molecule has 1 aliphatic heterocycles. The predicted molar refractivity (Wildman–Crippen MR) is 107 cm³/mol. The van der Waals surface area contributed by atoms with Gasteiger partial charge in [-0.1, -0.05) is 31.4 Å². The molecule has 0 bridgehead atoms. The van der Waals surface area contributed by atoms with E-state index in [1.807, 2.05) is 24.3 Å². The highest BCUT2D eigenvalue weighted by molar-refractivity contribution is 5.76. The topological polar surface area (TPSA) is 36.4 Å². The van der Waals surface area contributed by atoms with Gasteiger partial charge < -0.3 is 4.90 Å². The highest BCUT2D eigenvalue weighted by Gasteiger charge is 2.23. The highest BCUT2D eigenvalue weighted by Crippen LogP contribution is 2.24. The predicted octanol–water partition coefficient (Wildman–Crippen LogP) is 3.99. The molecule has 4 nitrogen and oxygen atoms in total. The Morgan fingerprint density at radius 1 is 1.12 bits per heavy atom. The van der Waals surface area contributed by atoms with E-state index in [4.69, 9.17) is 0 Å². The molecule has 0 N–H and O–H groups in total. The molecule has 0 atom stereocenters. The zero-order valence-corrected chi connectivity index (χ0v) is 16.0. The molecule has 4 heteroatoms. The Bertz CT molecular complexity index is 558. The number of piperazine rings is 1. The van der Waals surface area contributed by atoms with Gasteiger partial charge in [-0.15, -0.1) is 0 Å². The van der Waals surface area contributed by atoms with Crippen LogP contribution in [0.2, 0.25) is 0 Å². The van der Waals surface area contributed by atoms with Crippen molar-refractivity contribution in [2.24, 2.45) is 5.92 Å². The summed E-state index contributed by atoms with van der Waals surface area (Å²) in [6.45, 7) is 5.19. The first-order chi connectivity index (χ1) is 12.8. The molecule has 0 unspecified atom stereocenters. The van der Waals surface area contributed by atoms with Crippen LogP contribution in [0, 0.1) is 5.92 Å². The first-order valence-corrected chi connectivity index (χ1v) is 10.4. The number of pyridine rings is 1. The van der Waals surface area contributed by atoms with E-state index in [1.54, 1.807) is 6.20 Å². The van der Waals surface area contributed by atoms with Crippen molar-refractivity contribution in [1.29, 1.82) is 0 Å². The van der Waals surface area contributed by atoms with Gasteiger partial charge in [-0.25, -0.2) is 0 Å². The zero-order valence-electron chi connectivity index (χ0n) is 16.0. The van der Waals surface area contributed by atoms with E-state index < -0.39 is 0 Å². The maximum atomic E-state index is 12.4. The maximum absolute atomic E-state index is 12.4. The van der Waals surface area contributed by atoms with E-state index in [1.165, 1.54) is 38.6 Å². The van der Waals surface area contributed by atoms with Gasteiger partial charge in [-0.2, -0.15) is 0 Å². The molecule has 1 saturated carbocycles. The lowest BCUT2D eigenvalue weighted by Crippen LogP contribution is -2.49. The first kappa shape index (κ1) is 19.1. The molecule has 0 spiro atoms. The van der Waals surface area contributed by atoms with E-state index >= 15 is 0 Å². The average molecular weight is 356 g/mol. The smallest absolute Gasteiger partial charge is 0.222 e. The van der Waals surface area contributed by atoms with Crippen LogP contribution in [0.25, 0.3) is 6.08 Å². The summed E-state index contributed by atoms with van der Waals surface area (Å²) in [5.74, 6) is 1.23. The van der Waals surface area contributed by atoms with Crippen LogP contribution in [-0.4, -0.2) is 53.4 Å². The number of rotatable bonds is 7. The van der Waals surface area contributed by atoms with Crippen molar-refractivity contribution in [1.82, 2.24) is 14.8 Å². The monoisotopic (exact) mass is 355 g/mol. The van der Waals surface area contributed by atoms with Crippen LogP contribution in [0.15, 0.2) is 30.5 Å². The third kappa shape index (κ3) is 6.24. The third-order valence-corrected chi connectivity index (χ3v) is 5.70. The summed E-state index contributed by atoms with van der Waals surface area (Å²) in [5.41, 5.74) is 0.980. The molecule has 2 heterocycles. The molecule has 2 fully saturated rings. The number of amides is 1. The molecule has 142 valence electrons. The van der Waals surface area contributed by atoms with Gasteiger partial charge in [0.1, 0.15) is 0 Å². The fourth-order valence-corrected chi connectivity index (χ4v) is 4.12. The van der Waals surface area contributed by atoms with Crippen LogP contribution in [0.4, 0.5) is 0 Å². The number of nitrogens with zero attached hydrogens (tertiary/aromatic N) is 3. The maximum Gasteiger partial charge on any atom is 0.222 e. The van der Waals surface area contributed by atoms with Gasteiger partial charge in [0.15, 0.2) is 0 Å². The van der Waals surface area contributed by atoms with Crippen LogP contribution in [0.3, 0.4) is 0 Å². The molecule has 1 amide bonds. The lowest BCUT2D eigenvalue weighted by molar-refractivity contribution is -0.133. The summed E-state index contributed by atoms with van der Waals surface area (Å²) >= 11 is 0. The van der Waals surface area contributed by atoms with E-state index in [9.17, 15) is 4.79 Å². The van der Waals surface area contributed by atoms with Crippen molar-refractivity contribution in [2.75, 3.05) is 32.7 Å². The van der Waals surface area contributed by atoms with Crippen molar-refractivity contribution < 1.29 is 4.79 Å². The highest BCUT2D eigenvalue weighted by atomic mass is 16.2. The fraction of sp³-hybridized carbons (Fsp3) is 0.636. The Kier molecular flexibility index (Phi) is 7.68. The summed E-state index contributed by atoms with van der Waals surface area (Å²) in [7, 11) is 0. The summed E-state index contributed by atoms with van der Waals surface area (Å²) < 4.78 is 0. The molecule has 0 radical (unpaired) electrons. The SMILES string of the molecule is O=C(CCC/C=C\c1ccccn1)N1CCN(CC2CCCCC2)CC1. The zero-order chi connectivity index (χ0) is 18.0. The number of carbonyl (C=O) groups excluding carboxylic acids is 1. The Labute approximate surface area is 158 Å². The lowest BCUT2D eigenvalue weighted by atomic mass is 9.89. The minimum atomic E-state index is 0.327.